The minimum absolute atomic E-state index is 0.0889. The maximum Gasteiger partial charge on any atom is 0.337 e. The zero-order valence-electron chi connectivity index (χ0n) is 16.4. The van der Waals surface area contributed by atoms with Gasteiger partial charge in [-0.15, -0.1) is 0 Å². The van der Waals surface area contributed by atoms with Gasteiger partial charge in [0, 0.05) is 5.56 Å². The van der Waals surface area contributed by atoms with Crippen LogP contribution in [-0.2, 0) is 16.0 Å². The summed E-state index contributed by atoms with van der Waals surface area (Å²) in [4.78, 5) is 12.2. The summed E-state index contributed by atoms with van der Waals surface area (Å²) in [5.41, 5.74) is 7.98. The lowest BCUT2D eigenvalue weighted by molar-refractivity contribution is -0.151. The van der Waals surface area contributed by atoms with Gasteiger partial charge >= 0.3 is 5.97 Å². The fraction of sp³-hybridized carbons (Fsp3) is 0.458. The van der Waals surface area contributed by atoms with Crippen LogP contribution in [0.2, 0.25) is 0 Å². The normalized spacial score (nSPS) is 17.7. The van der Waals surface area contributed by atoms with Crippen LogP contribution in [0.3, 0.4) is 0 Å². The molecule has 0 saturated heterocycles. The third-order valence-corrected chi connectivity index (χ3v) is 5.77. The second kappa shape index (κ2) is 7.12. The van der Waals surface area contributed by atoms with E-state index in [2.05, 4.69) is 44.2 Å². The van der Waals surface area contributed by atoms with Crippen LogP contribution in [-0.4, -0.2) is 17.2 Å². The molecular weight excluding hydrogens is 336 g/mol. The zero-order valence-corrected chi connectivity index (χ0v) is 16.4. The summed E-state index contributed by atoms with van der Waals surface area (Å²) in [7, 11) is 0. The molecule has 1 N–H and O–H groups in total. The van der Waals surface area contributed by atoms with Crippen molar-refractivity contribution in [1.82, 2.24) is 0 Å². The fourth-order valence-corrected chi connectivity index (χ4v) is 4.16. The van der Waals surface area contributed by atoms with Crippen molar-refractivity contribution in [2.45, 2.75) is 71.0 Å². The van der Waals surface area contributed by atoms with E-state index in [1.54, 1.807) is 0 Å². The quantitative estimate of drug-likeness (QED) is 0.684. The van der Waals surface area contributed by atoms with Crippen LogP contribution in [0.4, 0.5) is 0 Å². The van der Waals surface area contributed by atoms with Gasteiger partial charge in [-0.25, -0.2) is 4.79 Å². The maximum absolute atomic E-state index is 12.2. The number of aliphatic carboxylic acids is 1. The third kappa shape index (κ3) is 3.66. The number of aryl methyl sites for hydroxylation is 3. The van der Waals surface area contributed by atoms with Crippen molar-refractivity contribution < 1.29 is 14.6 Å². The lowest BCUT2D eigenvalue weighted by Crippen LogP contribution is -2.19. The Morgan fingerprint density at radius 1 is 1.15 bits per heavy atom. The van der Waals surface area contributed by atoms with Crippen molar-refractivity contribution in [3.05, 3.63) is 58.1 Å². The molecule has 0 aromatic heterocycles. The van der Waals surface area contributed by atoms with Crippen molar-refractivity contribution in [2.75, 3.05) is 0 Å². The Hall–Kier alpha value is -2.13. The number of benzene rings is 2. The summed E-state index contributed by atoms with van der Waals surface area (Å²) in [6.45, 7) is 6.34. The molecule has 1 unspecified atom stereocenters. The van der Waals surface area contributed by atoms with Gasteiger partial charge in [0.1, 0.15) is 0 Å². The van der Waals surface area contributed by atoms with E-state index >= 15 is 0 Å². The van der Waals surface area contributed by atoms with Gasteiger partial charge in [-0.3, -0.25) is 0 Å². The van der Waals surface area contributed by atoms with Crippen molar-refractivity contribution >= 4 is 5.97 Å². The molecule has 2 fully saturated rings. The number of hydrogen-bond acceptors (Lipinski definition) is 2. The van der Waals surface area contributed by atoms with E-state index in [-0.39, 0.29) is 6.10 Å². The van der Waals surface area contributed by atoms with Crippen LogP contribution in [0.15, 0.2) is 30.3 Å². The van der Waals surface area contributed by atoms with E-state index in [1.807, 2.05) is 6.92 Å². The highest BCUT2D eigenvalue weighted by Gasteiger charge is 2.37. The number of hydrogen-bond donors (Lipinski definition) is 1. The molecule has 3 heteroatoms. The van der Waals surface area contributed by atoms with Crippen LogP contribution >= 0.6 is 0 Å². The van der Waals surface area contributed by atoms with Gasteiger partial charge in [0.2, 0.25) is 0 Å². The molecule has 0 radical (unpaired) electrons. The second-order valence-corrected chi connectivity index (χ2v) is 8.09. The van der Waals surface area contributed by atoms with Gasteiger partial charge in [0.15, 0.2) is 6.10 Å². The molecule has 142 valence electrons. The monoisotopic (exact) mass is 364 g/mol. The minimum atomic E-state index is -0.893. The highest BCUT2D eigenvalue weighted by molar-refractivity contribution is 5.83. The number of carboxylic acid groups (broad SMARTS) is 1. The van der Waals surface area contributed by atoms with Crippen LogP contribution < -0.4 is 0 Å². The molecule has 2 aromatic rings. The predicted octanol–water partition coefficient (Wildman–Crippen LogP) is 5.71. The summed E-state index contributed by atoms with van der Waals surface area (Å²) in [5.74, 6) is -0.344. The van der Waals surface area contributed by atoms with Gasteiger partial charge in [0.05, 0.1) is 6.10 Å². The largest absolute Gasteiger partial charge is 0.479 e. The Bertz CT molecular complexity index is 875. The molecule has 2 saturated carbocycles. The van der Waals surface area contributed by atoms with Gasteiger partial charge in [-0.05, 0) is 85.3 Å². The molecule has 0 spiro atoms. The molecule has 0 aliphatic heterocycles. The average molecular weight is 364 g/mol. The summed E-state index contributed by atoms with van der Waals surface area (Å²) >= 11 is 0. The van der Waals surface area contributed by atoms with Gasteiger partial charge in [-0.1, -0.05) is 37.3 Å². The predicted molar refractivity (Wildman–Crippen MR) is 107 cm³/mol. The first-order valence-electron chi connectivity index (χ1n) is 10.1. The fourth-order valence-electron chi connectivity index (χ4n) is 4.16. The van der Waals surface area contributed by atoms with E-state index in [4.69, 9.17) is 4.74 Å². The molecule has 0 amide bonds. The molecule has 1 atom stereocenters. The van der Waals surface area contributed by atoms with E-state index in [9.17, 15) is 9.90 Å². The summed E-state index contributed by atoms with van der Waals surface area (Å²) < 4.78 is 6.00. The van der Waals surface area contributed by atoms with E-state index in [0.717, 1.165) is 41.5 Å². The van der Waals surface area contributed by atoms with Gasteiger partial charge < -0.3 is 9.84 Å². The van der Waals surface area contributed by atoms with Crippen LogP contribution in [0.5, 0.6) is 0 Å². The van der Waals surface area contributed by atoms with Gasteiger partial charge in [0.25, 0.3) is 0 Å². The lowest BCUT2D eigenvalue weighted by atomic mass is 9.83. The molecule has 27 heavy (non-hydrogen) atoms. The van der Waals surface area contributed by atoms with Crippen LogP contribution in [0.25, 0.3) is 11.1 Å². The standard InChI is InChI=1S/C24H28O3/c1-4-16-6-5-7-18(13-16)22-20(17-8-9-17)14(2)12-15(3)21(22)23(24(25)26)27-19-10-11-19/h5-7,12-13,17,19,23H,4,8-11H2,1-3H3,(H,25,26). The topological polar surface area (TPSA) is 46.5 Å². The zero-order chi connectivity index (χ0) is 19.1. The van der Waals surface area contributed by atoms with Gasteiger partial charge in [-0.2, -0.15) is 0 Å². The molecule has 2 aliphatic rings. The van der Waals surface area contributed by atoms with E-state index < -0.39 is 12.1 Å². The third-order valence-electron chi connectivity index (χ3n) is 5.77. The second-order valence-electron chi connectivity index (χ2n) is 8.09. The van der Waals surface area contributed by atoms with E-state index in [1.165, 1.54) is 29.5 Å². The molecule has 2 aromatic carbocycles. The Morgan fingerprint density at radius 2 is 1.89 bits per heavy atom. The summed E-state index contributed by atoms with van der Waals surface area (Å²) in [5, 5.41) is 9.99. The molecular formula is C24H28O3. The molecule has 2 aliphatic carbocycles. The smallest absolute Gasteiger partial charge is 0.337 e. The summed E-state index contributed by atoms with van der Waals surface area (Å²) in [6, 6.07) is 10.7. The van der Waals surface area contributed by atoms with Crippen molar-refractivity contribution in [2.24, 2.45) is 0 Å². The number of rotatable bonds is 7. The Kier molecular flexibility index (Phi) is 4.81. The number of carboxylic acids is 1. The Morgan fingerprint density at radius 3 is 2.48 bits per heavy atom. The first kappa shape index (κ1) is 18.2. The Balaban J connectivity index is 1.96. The Labute approximate surface area is 161 Å². The van der Waals surface area contributed by atoms with Crippen LogP contribution in [0, 0.1) is 13.8 Å². The molecule has 0 heterocycles. The maximum atomic E-state index is 12.2. The van der Waals surface area contributed by atoms with Crippen molar-refractivity contribution in [1.29, 1.82) is 0 Å². The van der Waals surface area contributed by atoms with Crippen molar-refractivity contribution in [3.63, 3.8) is 0 Å². The highest BCUT2D eigenvalue weighted by atomic mass is 16.5. The van der Waals surface area contributed by atoms with E-state index in [0.29, 0.717) is 5.92 Å². The first-order chi connectivity index (χ1) is 13.0. The summed E-state index contributed by atoms with van der Waals surface area (Å²) in [6.07, 6.45) is 4.46. The molecule has 0 bridgehead atoms. The van der Waals surface area contributed by atoms with Crippen molar-refractivity contribution in [3.8, 4) is 11.1 Å². The number of carbonyl (C=O) groups is 1. The SMILES string of the molecule is CCc1cccc(-c2c(C3CC3)c(C)cc(C)c2C(OC2CC2)C(=O)O)c1. The minimum Gasteiger partial charge on any atom is -0.479 e. The molecule has 4 rings (SSSR count). The lowest BCUT2D eigenvalue weighted by Gasteiger charge is -2.25. The molecule has 3 nitrogen and oxygen atoms in total. The first-order valence-corrected chi connectivity index (χ1v) is 10.1. The average Bonchev–Trinajstić information content (AvgIpc) is 3.53. The highest BCUT2D eigenvalue weighted by Crippen LogP contribution is 2.50. The van der Waals surface area contributed by atoms with Crippen LogP contribution in [0.1, 0.15) is 72.4 Å². The number of ether oxygens (including phenoxy) is 1.